The molecule has 172 valence electrons. The third-order valence-corrected chi connectivity index (χ3v) is 6.09. The number of hydrogen-bond donors (Lipinski definition) is 1. The highest BCUT2D eigenvalue weighted by atomic mass is 16.5. The fraction of sp³-hybridized carbons (Fsp3) is 0.360. The van der Waals surface area contributed by atoms with Crippen molar-refractivity contribution in [2.24, 2.45) is 5.92 Å². The highest BCUT2D eigenvalue weighted by Crippen LogP contribution is 2.24. The van der Waals surface area contributed by atoms with Gasteiger partial charge in [0.15, 0.2) is 0 Å². The zero-order chi connectivity index (χ0) is 23.4. The third kappa shape index (κ3) is 5.28. The van der Waals surface area contributed by atoms with Gasteiger partial charge < -0.3 is 14.6 Å². The van der Waals surface area contributed by atoms with Crippen molar-refractivity contribution in [1.82, 2.24) is 15.0 Å². The average Bonchev–Trinajstić information content (AvgIpc) is 3.29. The number of carbonyl (C=O) groups is 2. The average molecular weight is 449 g/mol. The number of nitrogens with zero attached hydrogens (tertiary/aromatic N) is 3. The summed E-state index contributed by atoms with van der Waals surface area (Å²) >= 11 is 0. The molecule has 8 nitrogen and oxygen atoms in total. The Balaban J connectivity index is 1.31. The van der Waals surface area contributed by atoms with Gasteiger partial charge in [-0.2, -0.15) is 4.98 Å². The maximum absolute atomic E-state index is 12.8. The molecule has 1 N–H and O–H groups in total. The molecule has 1 amide bonds. The lowest BCUT2D eigenvalue weighted by molar-refractivity contribution is -0.121. The first-order chi connectivity index (χ1) is 15.9. The molecule has 3 aromatic rings. The van der Waals surface area contributed by atoms with Gasteiger partial charge in [0.1, 0.15) is 0 Å². The minimum Gasteiger partial charge on any atom is -0.465 e. The number of amides is 1. The number of esters is 1. The summed E-state index contributed by atoms with van der Waals surface area (Å²) in [6, 6.07) is 13.2. The van der Waals surface area contributed by atoms with E-state index in [0.717, 1.165) is 31.5 Å². The molecule has 0 aliphatic carbocycles. The predicted octanol–water partition coefficient (Wildman–Crippen LogP) is 3.99. The summed E-state index contributed by atoms with van der Waals surface area (Å²) in [5, 5.41) is 7.08. The lowest BCUT2D eigenvalue weighted by Gasteiger charge is -2.30. The van der Waals surface area contributed by atoms with E-state index in [-0.39, 0.29) is 11.8 Å². The Kier molecular flexibility index (Phi) is 6.84. The number of hydrogen-bond acceptors (Lipinski definition) is 7. The second-order valence-electron chi connectivity index (χ2n) is 8.39. The van der Waals surface area contributed by atoms with Crippen molar-refractivity contribution in [3.63, 3.8) is 0 Å². The smallest absolute Gasteiger partial charge is 0.338 e. The van der Waals surface area contributed by atoms with Crippen LogP contribution >= 0.6 is 0 Å². The van der Waals surface area contributed by atoms with Gasteiger partial charge in [0.2, 0.25) is 17.6 Å². The molecule has 0 atom stereocenters. The largest absolute Gasteiger partial charge is 0.465 e. The summed E-state index contributed by atoms with van der Waals surface area (Å²) in [6.07, 6.45) is 1.47. The maximum atomic E-state index is 12.8. The number of benzene rings is 2. The zero-order valence-corrected chi connectivity index (χ0v) is 19.1. The molecule has 0 radical (unpaired) electrons. The third-order valence-electron chi connectivity index (χ3n) is 6.09. The molecule has 1 fully saturated rings. The Morgan fingerprint density at radius 1 is 1.12 bits per heavy atom. The Hall–Kier alpha value is -3.52. The summed E-state index contributed by atoms with van der Waals surface area (Å²) in [5.74, 6) is 0.628. The van der Waals surface area contributed by atoms with Crippen LogP contribution in [0.5, 0.6) is 0 Å². The molecule has 1 aromatic heterocycles. The van der Waals surface area contributed by atoms with Crippen molar-refractivity contribution in [3.8, 4) is 11.4 Å². The Labute approximate surface area is 192 Å². The van der Waals surface area contributed by atoms with Gasteiger partial charge in [0.05, 0.1) is 19.2 Å². The SMILES string of the molecule is COC(=O)c1cccc(NC(=O)C2CCN(Cc3nc(-c4ccc(C)cc4)no3)CC2)c1C. The lowest BCUT2D eigenvalue weighted by atomic mass is 9.95. The van der Waals surface area contributed by atoms with Crippen LogP contribution in [0.3, 0.4) is 0 Å². The van der Waals surface area contributed by atoms with Crippen LogP contribution < -0.4 is 5.32 Å². The Morgan fingerprint density at radius 3 is 2.55 bits per heavy atom. The quantitative estimate of drug-likeness (QED) is 0.570. The second kappa shape index (κ2) is 9.95. The van der Waals surface area contributed by atoms with E-state index in [2.05, 4.69) is 20.4 Å². The Bertz CT molecular complexity index is 1130. The van der Waals surface area contributed by atoms with Crippen LogP contribution in [0.25, 0.3) is 11.4 Å². The molecule has 8 heteroatoms. The van der Waals surface area contributed by atoms with Gasteiger partial charge in [-0.05, 0) is 57.5 Å². The first-order valence-electron chi connectivity index (χ1n) is 11.1. The molecule has 0 bridgehead atoms. The van der Waals surface area contributed by atoms with E-state index in [1.807, 2.05) is 31.2 Å². The van der Waals surface area contributed by atoms with Crippen LogP contribution in [0.1, 0.15) is 40.2 Å². The molecular weight excluding hydrogens is 420 g/mol. The van der Waals surface area contributed by atoms with E-state index in [0.29, 0.717) is 35.1 Å². The van der Waals surface area contributed by atoms with Crippen LogP contribution in [0.2, 0.25) is 0 Å². The van der Waals surface area contributed by atoms with Crippen molar-refractivity contribution < 1.29 is 18.8 Å². The lowest BCUT2D eigenvalue weighted by Crippen LogP contribution is -2.38. The van der Waals surface area contributed by atoms with Crippen LogP contribution in [0.4, 0.5) is 5.69 Å². The standard InChI is InChI=1S/C25H28N4O4/c1-16-7-9-18(10-8-16)23-27-22(33-28-23)15-29-13-11-19(12-14-29)24(30)26-21-6-4-5-20(17(21)2)25(31)32-3/h4-10,19H,11-15H2,1-3H3,(H,26,30). The molecule has 1 saturated heterocycles. The number of anilines is 1. The number of likely N-dealkylation sites (tertiary alicyclic amines) is 1. The number of methoxy groups -OCH3 is 1. The van der Waals surface area contributed by atoms with Gasteiger partial charge in [-0.25, -0.2) is 4.79 Å². The fourth-order valence-electron chi connectivity index (χ4n) is 4.02. The van der Waals surface area contributed by atoms with E-state index in [1.165, 1.54) is 12.7 Å². The van der Waals surface area contributed by atoms with E-state index < -0.39 is 5.97 Å². The van der Waals surface area contributed by atoms with E-state index in [1.54, 1.807) is 25.1 Å². The molecule has 2 heterocycles. The van der Waals surface area contributed by atoms with Gasteiger partial charge in [-0.1, -0.05) is 41.1 Å². The van der Waals surface area contributed by atoms with Crippen molar-refractivity contribution in [2.45, 2.75) is 33.2 Å². The molecule has 4 rings (SSSR count). The number of nitrogens with one attached hydrogen (secondary N) is 1. The first-order valence-corrected chi connectivity index (χ1v) is 11.1. The number of ether oxygens (including phenoxy) is 1. The van der Waals surface area contributed by atoms with Crippen molar-refractivity contribution >= 4 is 17.6 Å². The van der Waals surface area contributed by atoms with Gasteiger partial charge in [0, 0.05) is 17.2 Å². The number of aromatic nitrogens is 2. The molecular formula is C25H28N4O4. The number of piperidine rings is 1. The summed E-state index contributed by atoms with van der Waals surface area (Å²) in [7, 11) is 1.35. The van der Waals surface area contributed by atoms with Crippen LogP contribution in [0.15, 0.2) is 47.0 Å². The van der Waals surface area contributed by atoms with E-state index in [9.17, 15) is 9.59 Å². The topological polar surface area (TPSA) is 97.6 Å². The molecule has 1 aliphatic rings. The Morgan fingerprint density at radius 2 is 1.85 bits per heavy atom. The minimum atomic E-state index is -0.413. The molecule has 33 heavy (non-hydrogen) atoms. The second-order valence-corrected chi connectivity index (χ2v) is 8.39. The predicted molar refractivity (Wildman–Crippen MR) is 124 cm³/mol. The van der Waals surface area contributed by atoms with Crippen molar-refractivity contribution in [3.05, 3.63) is 65.0 Å². The van der Waals surface area contributed by atoms with Gasteiger partial charge in [0.25, 0.3) is 0 Å². The summed E-state index contributed by atoms with van der Waals surface area (Å²) in [6.45, 7) is 5.94. The number of carbonyl (C=O) groups excluding carboxylic acids is 2. The molecule has 0 saturated carbocycles. The highest BCUT2D eigenvalue weighted by Gasteiger charge is 2.26. The van der Waals surface area contributed by atoms with Crippen LogP contribution in [0, 0.1) is 19.8 Å². The summed E-state index contributed by atoms with van der Waals surface area (Å²) in [4.78, 5) is 31.5. The molecule has 1 aliphatic heterocycles. The first kappa shape index (κ1) is 22.7. The van der Waals surface area contributed by atoms with Crippen LogP contribution in [-0.2, 0) is 16.1 Å². The summed E-state index contributed by atoms with van der Waals surface area (Å²) in [5.41, 5.74) is 3.91. The van der Waals surface area contributed by atoms with E-state index >= 15 is 0 Å². The minimum absolute atomic E-state index is 0.0285. The van der Waals surface area contributed by atoms with Gasteiger partial charge in [-0.3, -0.25) is 9.69 Å². The fourth-order valence-corrected chi connectivity index (χ4v) is 4.02. The van der Waals surface area contributed by atoms with E-state index in [4.69, 9.17) is 9.26 Å². The van der Waals surface area contributed by atoms with Gasteiger partial charge in [-0.15, -0.1) is 0 Å². The van der Waals surface area contributed by atoms with Crippen molar-refractivity contribution in [1.29, 1.82) is 0 Å². The highest BCUT2D eigenvalue weighted by molar-refractivity contribution is 5.97. The van der Waals surface area contributed by atoms with Crippen LogP contribution in [-0.4, -0.2) is 47.1 Å². The molecule has 0 unspecified atom stereocenters. The summed E-state index contributed by atoms with van der Waals surface area (Å²) < 4.78 is 10.2. The number of aryl methyl sites for hydroxylation is 1. The normalized spacial score (nSPS) is 14.8. The maximum Gasteiger partial charge on any atom is 0.338 e. The van der Waals surface area contributed by atoms with Gasteiger partial charge >= 0.3 is 5.97 Å². The molecule has 0 spiro atoms. The van der Waals surface area contributed by atoms with Crippen molar-refractivity contribution in [2.75, 3.05) is 25.5 Å². The zero-order valence-electron chi connectivity index (χ0n) is 19.1. The number of rotatable bonds is 6. The monoisotopic (exact) mass is 448 g/mol. The molecule has 2 aromatic carbocycles.